The zero-order valence-electron chi connectivity index (χ0n) is 23.0. The molecule has 2 amide bonds. The van der Waals surface area contributed by atoms with Gasteiger partial charge >= 0.3 is 12.1 Å². The highest BCUT2D eigenvalue weighted by atomic mass is 16.5. The highest BCUT2D eigenvalue weighted by Crippen LogP contribution is 2.44. The number of amides is 2. The number of pyridine rings is 1. The number of fused-ring (bicyclic) bond motifs is 3. The van der Waals surface area contributed by atoms with Gasteiger partial charge in [-0.2, -0.15) is 0 Å². The minimum atomic E-state index is -1.23. The van der Waals surface area contributed by atoms with Gasteiger partial charge in [0.15, 0.2) is 6.04 Å². The first-order chi connectivity index (χ1) is 20.4. The number of aromatic nitrogens is 1. The highest BCUT2D eigenvalue weighted by Gasteiger charge is 2.29. The van der Waals surface area contributed by atoms with Crippen LogP contribution in [-0.2, 0) is 32.1 Å². The van der Waals surface area contributed by atoms with Crippen LogP contribution in [0.2, 0.25) is 0 Å². The number of anilines is 1. The van der Waals surface area contributed by atoms with E-state index in [1.165, 1.54) is 6.20 Å². The molecule has 5 rings (SSSR count). The maximum absolute atomic E-state index is 12.6. The summed E-state index contributed by atoms with van der Waals surface area (Å²) in [6.45, 7) is 2.01. The van der Waals surface area contributed by atoms with Crippen molar-refractivity contribution in [3.8, 4) is 11.1 Å². The smallest absolute Gasteiger partial charge is 0.411 e. The van der Waals surface area contributed by atoms with Crippen molar-refractivity contribution >= 4 is 23.7 Å². The number of hydrogen-bond acceptors (Lipinski definition) is 6. The highest BCUT2D eigenvalue weighted by molar-refractivity contribution is 5.86. The zero-order chi connectivity index (χ0) is 29.5. The minimum absolute atomic E-state index is 0.0525. The van der Waals surface area contributed by atoms with Gasteiger partial charge in [0.2, 0.25) is 5.91 Å². The number of hydrogen-bond donors (Lipinski definition) is 3. The van der Waals surface area contributed by atoms with Gasteiger partial charge in [-0.15, -0.1) is 0 Å². The molecule has 1 aliphatic rings. The predicted octanol–water partition coefficient (Wildman–Crippen LogP) is 5.16. The Balaban J connectivity index is 1.11. The largest absolute Gasteiger partial charge is 0.480 e. The zero-order valence-corrected chi connectivity index (χ0v) is 23.0. The van der Waals surface area contributed by atoms with E-state index >= 15 is 0 Å². The average Bonchev–Trinajstić information content (AvgIpc) is 3.32. The van der Waals surface area contributed by atoms with E-state index in [2.05, 4.69) is 39.9 Å². The normalized spacial score (nSPS) is 13.4. The summed E-state index contributed by atoms with van der Waals surface area (Å²) < 4.78 is 11.2. The van der Waals surface area contributed by atoms with Crippen LogP contribution in [0.3, 0.4) is 0 Å². The van der Waals surface area contributed by atoms with Crippen molar-refractivity contribution in [3.63, 3.8) is 0 Å². The number of aliphatic carboxylic acids is 1. The molecule has 0 unspecified atom stereocenters. The molecule has 9 heteroatoms. The first-order valence-electron chi connectivity index (χ1n) is 13.6. The van der Waals surface area contributed by atoms with Gasteiger partial charge < -0.3 is 19.9 Å². The van der Waals surface area contributed by atoms with E-state index in [1.54, 1.807) is 19.1 Å². The van der Waals surface area contributed by atoms with Gasteiger partial charge in [0.25, 0.3) is 0 Å². The summed E-state index contributed by atoms with van der Waals surface area (Å²) >= 11 is 0. The van der Waals surface area contributed by atoms with Gasteiger partial charge in [0, 0.05) is 11.6 Å². The van der Waals surface area contributed by atoms with Crippen LogP contribution >= 0.6 is 0 Å². The molecule has 0 bridgehead atoms. The van der Waals surface area contributed by atoms with Crippen LogP contribution in [0, 0.1) is 0 Å². The molecule has 0 radical (unpaired) electrons. The molecular weight excluding hydrogens is 534 g/mol. The summed E-state index contributed by atoms with van der Waals surface area (Å²) in [5.41, 5.74) is 6.26. The quantitative estimate of drug-likeness (QED) is 0.229. The Labute approximate surface area is 243 Å². The lowest BCUT2D eigenvalue weighted by Crippen LogP contribution is -2.49. The van der Waals surface area contributed by atoms with Gasteiger partial charge in [-0.1, -0.05) is 78.9 Å². The summed E-state index contributed by atoms with van der Waals surface area (Å²) in [6, 6.07) is 27.5. The van der Waals surface area contributed by atoms with E-state index in [-0.39, 0.29) is 25.6 Å². The van der Waals surface area contributed by atoms with Crippen molar-refractivity contribution in [2.45, 2.75) is 38.0 Å². The molecule has 0 spiro atoms. The molecule has 0 aliphatic heterocycles. The molecule has 2 atom stereocenters. The van der Waals surface area contributed by atoms with Crippen LogP contribution in [0.15, 0.2) is 97.2 Å². The van der Waals surface area contributed by atoms with Crippen molar-refractivity contribution in [2.75, 3.05) is 11.9 Å². The Morgan fingerprint density at radius 1 is 0.881 bits per heavy atom. The van der Waals surface area contributed by atoms with Gasteiger partial charge in [-0.3, -0.25) is 15.1 Å². The van der Waals surface area contributed by atoms with Crippen molar-refractivity contribution in [1.29, 1.82) is 0 Å². The molecule has 9 nitrogen and oxygen atoms in total. The van der Waals surface area contributed by atoms with E-state index in [9.17, 15) is 19.5 Å². The molecule has 42 heavy (non-hydrogen) atoms. The lowest BCUT2D eigenvalue weighted by Gasteiger charge is -2.22. The molecular formula is C33H31N3O6. The number of carboxylic acids is 1. The van der Waals surface area contributed by atoms with Gasteiger partial charge in [0.05, 0.1) is 31.0 Å². The average molecular weight is 566 g/mol. The molecule has 1 heterocycles. The van der Waals surface area contributed by atoms with Gasteiger partial charge in [0.1, 0.15) is 6.61 Å². The van der Waals surface area contributed by atoms with Crippen molar-refractivity contribution in [1.82, 2.24) is 10.3 Å². The summed E-state index contributed by atoms with van der Waals surface area (Å²) in [4.78, 5) is 41.2. The first-order valence-corrected chi connectivity index (χ1v) is 13.6. The second-order valence-electron chi connectivity index (χ2n) is 10.1. The lowest BCUT2D eigenvalue weighted by atomic mass is 9.98. The number of carbonyl (C=O) groups is 3. The fourth-order valence-electron chi connectivity index (χ4n) is 5.02. The molecule has 3 N–H and O–H groups in total. The molecule has 1 aromatic heterocycles. The Morgan fingerprint density at radius 3 is 2.14 bits per heavy atom. The molecule has 1 aliphatic carbocycles. The van der Waals surface area contributed by atoms with E-state index < -0.39 is 30.1 Å². The number of benzene rings is 3. The Hall–Kier alpha value is -5.02. The predicted molar refractivity (Wildman–Crippen MR) is 157 cm³/mol. The second kappa shape index (κ2) is 13.1. The molecule has 4 aromatic rings. The van der Waals surface area contributed by atoms with E-state index in [0.29, 0.717) is 11.4 Å². The maximum Gasteiger partial charge on any atom is 0.411 e. The molecule has 0 saturated carbocycles. The van der Waals surface area contributed by atoms with Crippen LogP contribution in [0.5, 0.6) is 0 Å². The Bertz CT molecular complexity index is 1510. The summed E-state index contributed by atoms with van der Waals surface area (Å²) in [5.74, 6) is -1.76. The number of nitrogens with one attached hydrogen (secondary N) is 2. The fraction of sp³-hybridized carbons (Fsp3) is 0.212. The summed E-state index contributed by atoms with van der Waals surface area (Å²) in [6.07, 6.45) is -0.0913. The molecule has 0 saturated heterocycles. The van der Waals surface area contributed by atoms with Crippen LogP contribution in [0.25, 0.3) is 11.1 Å². The number of nitrogens with zero attached hydrogens (tertiary/aromatic N) is 1. The van der Waals surface area contributed by atoms with E-state index in [0.717, 1.165) is 27.8 Å². The lowest BCUT2D eigenvalue weighted by molar-refractivity contribution is -0.146. The maximum atomic E-state index is 12.6. The van der Waals surface area contributed by atoms with Crippen LogP contribution in [0.1, 0.15) is 35.2 Å². The van der Waals surface area contributed by atoms with Crippen LogP contribution < -0.4 is 10.6 Å². The Morgan fingerprint density at radius 2 is 1.52 bits per heavy atom. The van der Waals surface area contributed by atoms with Crippen molar-refractivity contribution < 1.29 is 29.0 Å². The van der Waals surface area contributed by atoms with Crippen molar-refractivity contribution in [2.24, 2.45) is 0 Å². The topological polar surface area (TPSA) is 127 Å². The van der Waals surface area contributed by atoms with E-state index in [1.807, 2.05) is 54.6 Å². The summed E-state index contributed by atoms with van der Waals surface area (Å²) in [5, 5.41) is 14.8. The van der Waals surface area contributed by atoms with Gasteiger partial charge in [-0.25, -0.2) is 9.59 Å². The van der Waals surface area contributed by atoms with Crippen LogP contribution in [-0.4, -0.2) is 46.8 Å². The van der Waals surface area contributed by atoms with E-state index in [4.69, 9.17) is 9.47 Å². The third-order valence-corrected chi connectivity index (χ3v) is 7.16. The van der Waals surface area contributed by atoms with Crippen molar-refractivity contribution in [3.05, 3.63) is 120 Å². The number of ether oxygens (including phenoxy) is 2. The Kier molecular flexibility index (Phi) is 8.89. The third-order valence-electron chi connectivity index (χ3n) is 7.16. The minimum Gasteiger partial charge on any atom is -0.480 e. The molecule has 3 aromatic carbocycles. The molecule has 0 fully saturated rings. The first kappa shape index (κ1) is 28.5. The molecule has 214 valence electrons. The standard InChI is InChI=1S/C33H31N3O6/c1-21(41-19-22-9-3-2-4-10-22)31(32(38)39)36-30(37)17-23-15-16-24(18-34-23)35-33(40)42-20-29-27-13-7-5-11-25(27)26-12-6-8-14-28(26)29/h2-16,18,21,29,31H,17,19-20H2,1H3,(H,35,40)(H,36,37)(H,38,39)/t21-,31+/m0/s1. The third kappa shape index (κ3) is 6.82. The summed E-state index contributed by atoms with van der Waals surface area (Å²) in [7, 11) is 0. The second-order valence-corrected chi connectivity index (χ2v) is 10.1. The number of carbonyl (C=O) groups excluding carboxylic acids is 2. The number of carboxylic acid groups (broad SMARTS) is 1. The SMILES string of the molecule is C[C@H](OCc1ccccc1)[C@@H](NC(=O)Cc1ccc(NC(=O)OCC2c3ccccc3-c3ccccc32)cn1)C(=O)O. The number of rotatable bonds is 11. The fourth-order valence-corrected chi connectivity index (χ4v) is 5.02. The van der Waals surface area contributed by atoms with Crippen LogP contribution in [0.4, 0.5) is 10.5 Å². The van der Waals surface area contributed by atoms with Gasteiger partial charge in [-0.05, 0) is 46.9 Å². The monoisotopic (exact) mass is 565 g/mol.